The van der Waals surface area contributed by atoms with Crippen molar-refractivity contribution in [3.8, 4) is 17.2 Å². The van der Waals surface area contributed by atoms with Gasteiger partial charge in [0.2, 0.25) is 5.91 Å². The molecule has 1 aromatic heterocycles. The number of amides is 3. The number of nitriles is 1. The van der Waals surface area contributed by atoms with E-state index in [1.54, 1.807) is 25.1 Å². The number of hydrogen-bond acceptors (Lipinski definition) is 5. The molecule has 0 aliphatic rings. The Bertz CT molecular complexity index is 1060. The topological polar surface area (TPSA) is 120 Å². The first kappa shape index (κ1) is 17.9. The third-order valence-corrected chi connectivity index (χ3v) is 3.72. The molecule has 27 heavy (non-hydrogen) atoms. The van der Waals surface area contributed by atoms with Crippen molar-refractivity contribution >= 4 is 34.7 Å². The van der Waals surface area contributed by atoms with E-state index in [0.29, 0.717) is 23.3 Å². The summed E-state index contributed by atoms with van der Waals surface area (Å²) in [5, 5.41) is 17.3. The normalized spacial score (nSPS) is 10.3. The van der Waals surface area contributed by atoms with Crippen molar-refractivity contribution in [2.24, 2.45) is 0 Å². The molecule has 0 fully saturated rings. The smallest absolute Gasteiger partial charge is 0.322 e. The van der Waals surface area contributed by atoms with E-state index in [2.05, 4.69) is 27.0 Å². The lowest BCUT2D eigenvalue weighted by Crippen LogP contribution is -2.28. The van der Waals surface area contributed by atoms with Gasteiger partial charge in [0.05, 0.1) is 5.56 Å². The molecule has 0 radical (unpaired) electrons. The highest BCUT2D eigenvalue weighted by Crippen LogP contribution is 2.33. The van der Waals surface area contributed by atoms with Crippen LogP contribution in [0.25, 0.3) is 22.2 Å². The molecule has 3 amide bonds. The van der Waals surface area contributed by atoms with Crippen LogP contribution in [0.4, 0.5) is 16.5 Å². The second kappa shape index (κ2) is 7.58. The Morgan fingerprint density at radius 3 is 2.70 bits per heavy atom. The number of aromatic nitrogens is 1. The van der Waals surface area contributed by atoms with E-state index in [1.807, 2.05) is 18.2 Å². The minimum absolute atomic E-state index is 0.000235. The van der Waals surface area contributed by atoms with Gasteiger partial charge in [-0.3, -0.25) is 10.1 Å². The summed E-state index contributed by atoms with van der Waals surface area (Å²) in [6, 6.07) is 12.3. The Morgan fingerprint density at radius 2 is 2.00 bits per heavy atom. The predicted molar refractivity (Wildman–Crippen MR) is 101 cm³/mol. The molecule has 3 N–H and O–H groups in total. The van der Waals surface area contributed by atoms with Crippen molar-refractivity contribution in [1.29, 1.82) is 5.26 Å². The quantitative estimate of drug-likeness (QED) is 0.655. The molecule has 8 heteroatoms. The van der Waals surface area contributed by atoms with Crippen molar-refractivity contribution in [3.05, 3.63) is 42.0 Å². The number of carbonyl (C=O) groups is 2. The fraction of sp³-hybridized carbons (Fsp3) is 0.158. The Morgan fingerprint density at radius 1 is 1.22 bits per heavy atom. The molecule has 8 nitrogen and oxygen atoms in total. The van der Waals surface area contributed by atoms with Gasteiger partial charge in [-0.15, -0.1) is 0 Å². The summed E-state index contributed by atoms with van der Waals surface area (Å²) in [5.74, 6) is -0.195. The molecule has 1 heterocycles. The molecule has 3 aromatic rings. The Balaban J connectivity index is 2.07. The van der Waals surface area contributed by atoms with E-state index in [-0.39, 0.29) is 23.1 Å². The fourth-order valence-electron chi connectivity index (χ4n) is 2.66. The number of oxazole rings is 1. The van der Waals surface area contributed by atoms with Gasteiger partial charge < -0.3 is 15.1 Å². The summed E-state index contributed by atoms with van der Waals surface area (Å²) in [6.07, 6.45) is 0. The number of fused-ring (bicyclic) bond motifs is 1. The van der Waals surface area contributed by atoms with Crippen LogP contribution in [0.1, 0.15) is 19.4 Å². The second-order valence-corrected chi connectivity index (χ2v) is 5.71. The maximum atomic E-state index is 11.7. The SMILES string of the molecule is CCNC(=O)Nc1nc2cc(-c3ccccc3NC(C)=O)cc(C#N)c2o1. The van der Waals surface area contributed by atoms with E-state index in [4.69, 9.17) is 4.42 Å². The van der Waals surface area contributed by atoms with Crippen LogP contribution in [0, 0.1) is 11.3 Å². The summed E-state index contributed by atoms with van der Waals surface area (Å²) in [7, 11) is 0. The van der Waals surface area contributed by atoms with E-state index in [1.165, 1.54) is 6.92 Å². The minimum Gasteiger partial charge on any atom is -0.422 e. The lowest BCUT2D eigenvalue weighted by atomic mass is 10.0. The summed E-state index contributed by atoms with van der Waals surface area (Å²) in [6.45, 7) is 3.68. The van der Waals surface area contributed by atoms with Gasteiger partial charge in [0.15, 0.2) is 5.58 Å². The van der Waals surface area contributed by atoms with Crippen molar-refractivity contribution in [2.45, 2.75) is 13.8 Å². The number of carbonyl (C=O) groups excluding carboxylic acids is 2. The first-order chi connectivity index (χ1) is 13.0. The van der Waals surface area contributed by atoms with Gasteiger partial charge in [0.25, 0.3) is 0 Å². The molecule has 0 saturated heterocycles. The van der Waals surface area contributed by atoms with E-state index >= 15 is 0 Å². The van der Waals surface area contributed by atoms with Crippen LogP contribution >= 0.6 is 0 Å². The van der Waals surface area contributed by atoms with Crippen LogP contribution in [-0.2, 0) is 4.79 Å². The standard InChI is InChI=1S/C19H17N5O3/c1-3-21-18(26)24-19-23-16-9-12(8-13(10-20)17(16)27-19)14-6-4-5-7-15(14)22-11(2)25/h4-9H,3H2,1-2H3,(H,22,25)(H2,21,23,24,26). The van der Waals surface area contributed by atoms with Crippen molar-refractivity contribution in [2.75, 3.05) is 17.2 Å². The number of anilines is 2. The molecule has 0 spiro atoms. The number of para-hydroxylation sites is 1. The average Bonchev–Trinajstić information content (AvgIpc) is 3.03. The van der Waals surface area contributed by atoms with Crippen molar-refractivity contribution < 1.29 is 14.0 Å². The third kappa shape index (κ3) is 3.88. The molecule has 0 aliphatic heterocycles. The van der Waals surface area contributed by atoms with Gasteiger partial charge in [-0.25, -0.2) is 4.79 Å². The summed E-state index contributed by atoms with van der Waals surface area (Å²) in [4.78, 5) is 27.3. The van der Waals surface area contributed by atoms with Gasteiger partial charge >= 0.3 is 12.0 Å². The van der Waals surface area contributed by atoms with Gasteiger partial charge in [0.1, 0.15) is 11.6 Å². The molecular formula is C19H17N5O3. The minimum atomic E-state index is -0.446. The fourth-order valence-corrected chi connectivity index (χ4v) is 2.66. The first-order valence-electron chi connectivity index (χ1n) is 8.28. The lowest BCUT2D eigenvalue weighted by molar-refractivity contribution is -0.114. The van der Waals surface area contributed by atoms with E-state index < -0.39 is 6.03 Å². The molecule has 0 aliphatic carbocycles. The zero-order chi connectivity index (χ0) is 19.4. The monoisotopic (exact) mass is 363 g/mol. The lowest BCUT2D eigenvalue weighted by Gasteiger charge is -2.10. The Hall–Kier alpha value is -3.86. The number of nitrogens with zero attached hydrogens (tertiary/aromatic N) is 2. The highest BCUT2D eigenvalue weighted by Gasteiger charge is 2.16. The number of rotatable bonds is 4. The van der Waals surface area contributed by atoms with Crippen LogP contribution in [0.15, 0.2) is 40.8 Å². The summed E-state index contributed by atoms with van der Waals surface area (Å²) in [5.41, 5.74) is 3.04. The number of urea groups is 1. The molecule has 0 bridgehead atoms. The van der Waals surface area contributed by atoms with Gasteiger partial charge in [0, 0.05) is 24.7 Å². The number of nitrogens with one attached hydrogen (secondary N) is 3. The molecule has 2 aromatic carbocycles. The van der Waals surface area contributed by atoms with E-state index in [0.717, 1.165) is 5.56 Å². The predicted octanol–water partition coefficient (Wildman–Crippen LogP) is 3.47. The maximum absolute atomic E-state index is 11.7. The largest absolute Gasteiger partial charge is 0.422 e. The second-order valence-electron chi connectivity index (χ2n) is 5.71. The number of benzene rings is 2. The molecule has 0 atom stereocenters. The highest BCUT2D eigenvalue weighted by atomic mass is 16.4. The Kier molecular flexibility index (Phi) is 5.04. The van der Waals surface area contributed by atoms with Crippen LogP contribution in [0.2, 0.25) is 0 Å². The molecular weight excluding hydrogens is 346 g/mol. The molecule has 0 unspecified atom stereocenters. The zero-order valence-corrected chi connectivity index (χ0v) is 14.8. The van der Waals surface area contributed by atoms with Crippen molar-refractivity contribution in [1.82, 2.24) is 10.3 Å². The maximum Gasteiger partial charge on any atom is 0.322 e. The van der Waals surface area contributed by atoms with Crippen LogP contribution in [0.3, 0.4) is 0 Å². The third-order valence-electron chi connectivity index (χ3n) is 3.72. The zero-order valence-electron chi connectivity index (χ0n) is 14.8. The first-order valence-corrected chi connectivity index (χ1v) is 8.28. The average molecular weight is 363 g/mol. The molecule has 0 saturated carbocycles. The number of hydrogen-bond donors (Lipinski definition) is 3. The molecule has 136 valence electrons. The van der Waals surface area contributed by atoms with Crippen LogP contribution < -0.4 is 16.0 Å². The molecule has 3 rings (SSSR count). The van der Waals surface area contributed by atoms with Gasteiger partial charge in [-0.05, 0) is 30.7 Å². The summed E-state index contributed by atoms with van der Waals surface area (Å²) >= 11 is 0. The Labute approximate surface area is 155 Å². The highest BCUT2D eigenvalue weighted by molar-refractivity contribution is 5.96. The van der Waals surface area contributed by atoms with Crippen molar-refractivity contribution in [3.63, 3.8) is 0 Å². The summed E-state index contributed by atoms with van der Waals surface area (Å²) < 4.78 is 5.52. The van der Waals surface area contributed by atoms with Gasteiger partial charge in [-0.2, -0.15) is 10.2 Å². The van der Waals surface area contributed by atoms with E-state index in [9.17, 15) is 14.9 Å². The van der Waals surface area contributed by atoms with Gasteiger partial charge in [-0.1, -0.05) is 18.2 Å². The van der Waals surface area contributed by atoms with Crippen LogP contribution in [-0.4, -0.2) is 23.5 Å². The van der Waals surface area contributed by atoms with Crippen LogP contribution in [0.5, 0.6) is 0 Å².